The zero-order chi connectivity index (χ0) is 15.5. The van der Waals surface area contributed by atoms with Crippen molar-refractivity contribution in [2.45, 2.75) is 42.6 Å². The molecule has 8 heteroatoms. The third-order valence-electron chi connectivity index (χ3n) is 4.18. The molecular weight excluding hydrogens is 340 g/mol. The topological polar surface area (TPSA) is 80.2 Å². The Morgan fingerprint density at radius 1 is 1.27 bits per heavy atom. The summed E-state index contributed by atoms with van der Waals surface area (Å²) in [5.74, 6) is 0.584. The number of hydrogen-bond donors (Lipinski definition) is 1. The molecule has 2 atom stereocenters. The molecule has 4 rings (SSSR count). The monoisotopic (exact) mass is 356 g/mol. The third-order valence-corrected chi connectivity index (χ3v) is 8.59. The van der Waals surface area contributed by atoms with E-state index in [1.807, 2.05) is 6.92 Å². The summed E-state index contributed by atoms with van der Waals surface area (Å²) < 4.78 is 23.4. The maximum atomic E-state index is 11.7. The van der Waals surface area contributed by atoms with E-state index in [1.54, 1.807) is 11.3 Å². The van der Waals surface area contributed by atoms with E-state index in [0.29, 0.717) is 5.82 Å². The molecule has 5 nitrogen and oxygen atoms in total. The highest BCUT2D eigenvalue weighted by molar-refractivity contribution is 8.02. The zero-order valence-electron chi connectivity index (χ0n) is 12.1. The van der Waals surface area contributed by atoms with Crippen LogP contribution in [0.15, 0.2) is 5.03 Å². The van der Waals surface area contributed by atoms with Crippen molar-refractivity contribution in [3.8, 4) is 0 Å². The first kappa shape index (κ1) is 14.9. The molecule has 0 unspecified atom stereocenters. The minimum atomic E-state index is -3.14. The molecule has 0 bridgehead atoms. The van der Waals surface area contributed by atoms with Gasteiger partial charge in [0.05, 0.1) is 22.9 Å². The minimum absolute atomic E-state index is 0.0235. The molecule has 1 aliphatic heterocycles. The van der Waals surface area contributed by atoms with Crippen LogP contribution >= 0.6 is 23.1 Å². The maximum Gasteiger partial charge on any atom is 0.154 e. The molecule has 2 aliphatic rings. The van der Waals surface area contributed by atoms with Crippen LogP contribution in [0.3, 0.4) is 0 Å². The zero-order valence-corrected chi connectivity index (χ0v) is 14.5. The van der Waals surface area contributed by atoms with E-state index in [-0.39, 0.29) is 16.8 Å². The molecule has 2 aromatic rings. The fraction of sp³-hybridized carbons (Fsp3) is 0.571. The van der Waals surface area contributed by atoms with Crippen LogP contribution in [0, 0.1) is 6.92 Å². The highest BCUT2D eigenvalue weighted by atomic mass is 32.2. The average molecular weight is 356 g/mol. The van der Waals surface area contributed by atoms with E-state index in [9.17, 15) is 13.5 Å². The van der Waals surface area contributed by atoms with Gasteiger partial charge < -0.3 is 5.11 Å². The first-order chi connectivity index (χ1) is 10.4. The summed E-state index contributed by atoms with van der Waals surface area (Å²) in [6.07, 6.45) is 2.49. The molecule has 22 heavy (non-hydrogen) atoms. The van der Waals surface area contributed by atoms with Crippen LogP contribution in [0.1, 0.15) is 22.7 Å². The Labute approximate surface area is 137 Å². The van der Waals surface area contributed by atoms with Crippen molar-refractivity contribution in [3.05, 3.63) is 16.3 Å². The Balaban J connectivity index is 1.78. The lowest BCUT2D eigenvalue weighted by atomic mass is 10.2. The number of hydrogen-bond acceptors (Lipinski definition) is 7. The molecule has 1 N–H and O–H groups in total. The van der Waals surface area contributed by atoms with Gasteiger partial charge in [0.25, 0.3) is 0 Å². The predicted molar refractivity (Wildman–Crippen MR) is 88.5 cm³/mol. The van der Waals surface area contributed by atoms with Crippen LogP contribution < -0.4 is 0 Å². The van der Waals surface area contributed by atoms with Gasteiger partial charge in [0, 0.05) is 10.3 Å². The Bertz CT molecular complexity index is 860. The lowest BCUT2D eigenvalue weighted by Crippen LogP contribution is -2.20. The van der Waals surface area contributed by atoms with E-state index in [1.165, 1.54) is 22.2 Å². The standard InChI is InChI=1S/C14H16N2O3S3/c1-7-15-13-12(8-3-2-4-10(8)20-13)14(16-7)21-11-6-22(18,19)5-9(11)17/h9,11,17H,2-6H2,1H3/t9-,11+/m0/s1. The van der Waals surface area contributed by atoms with E-state index in [2.05, 4.69) is 9.97 Å². The smallest absolute Gasteiger partial charge is 0.154 e. The molecule has 0 spiro atoms. The average Bonchev–Trinajstić information content (AvgIpc) is 3.02. The number of rotatable bonds is 2. The number of aryl methyl sites for hydroxylation is 3. The number of thiophene rings is 1. The Morgan fingerprint density at radius 2 is 2.09 bits per heavy atom. The van der Waals surface area contributed by atoms with Crippen molar-refractivity contribution >= 4 is 43.2 Å². The molecule has 1 aliphatic carbocycles. The van der Waals surface area contributed by atoms with Gasteiger partial charge in [-0.25, -0.2) is 18.4 Å². The van der Waals surface area contributed by atoms with Crippen LogP contribution in [-0.4, -0.2) is 46.4 Å². The van der Waals surface area contributed by atoms with E-state index in [0.717, 1.165) is 34.5 Å². The quantitative estimate of drug-likeness (QED) is 0.826. The lowest BCUT2D eigenvalue weighted by molar-refractivity contribution is 0.207. The number of aliphatic hydroxyl groups excluding tert-OH is 1. The van der Waals surface area contributed by atoms with Crippen LogP contribution in [0.25, 0.3) is 10.2 Å². The van der Waals surface area contributed by atoms with Crippen molar-refractivity contribution < 1.29 is 13.5 Å². The SMILES string of the molecule is Cc1nc(S[C@@H]2CS(=O)(=O)C[C@@H]2O)c2c3c(sc2n1)CCC3. The number of sulfone groups is 1. The second kappa shape index (κ2) is 5.15. The Hall–Kier alpha value is -0.700. The summed E-state index contributed by atoms with van der Waals surface area (Å²) in [7, 11) is -3.14. The summed E-state index contributed by atoms with van der Waals surface area (Å²) >= 11 is 3.13. The maximum absolute atomic E-state index is 11.7. The summed E-state index contributed by atoms with van der Waals surface area (Å²) in [4.78, 5) is 11.5. The minimum Gasteiger partial charge on any atom is -0.391 e. The van der Waals surface area contributed by atoms with E-state index >= 15 is 0 Å². The normalized spacial score (nSPS) is 26.6. The summed E-state index contributed by atoms with van der Waals surface area (Å²) in [6.45, 7) is 1.86. The highest BCUT2D eigenvalue weighted by Crippen LogP contribution is 2.42. The Kier molecular flexibility index (Phi) is 3.48. The van der Waals surface area contributed by atoms with Gasteiger partial charge >= 0.3 is 0 Å². The molecular formula is C14H16N2O3S3. The lowest BCUT2D eigenvalue weighted by Gasteiger charge is -2.13. The second-order valence-electron chi connectivity index (χ2n) is 5.91. The second-order valence-corrected chi connectivity index (χ2v) is 10.4. The van der Waals surface area contributed by atoms with Crippen molar-refractivity contribution in [3.63, 3.8) is 0 Å². The molecule has 2 aromatic heterocycles. The van der Waals surface area contributed by atoms with Crippen LogP contribution in [0.2, 0.25) is 0 Å². The number of thioether (sulfide) groups is 1. The Morgan fingerprint density at radius 3 is 2.82 bits per heavy atom. The van der Waals surface area contributed by atoms with E-state index < -0.39 is 15.9 Å². The molecule has 0 aromatic carbocycles. The van der Waals surface area contributed by atoms with Crippen LogP contribution in [0.5, 0.6) is 0 Å². The fourth-order valence-electron chi connectivity index (χ4n) is 3.20. The van der Waals surface area contributed by atoms with Crippen molar-refractivity contribution in [2.75, 3.05) is 11.5 Å². The molecule has 1 fully saturated rings. The van der Waals surface area contributed by atoms with Gasteiger partial charge in [-0.1, -0.05) is 11.8 Å². The fourth-order valence-corrected chi connectivity index (χ4v) is 8.26. The van der Waals surface area contributed by atoms with Crippen molar-refractivity contribution in [1.29, 1.82) is 0 Å². The van der Waals surface area contributed by atoms with E-state index in [4.69, 9.17) is 0 Å². The molecule has 118 valence electrons. The van der Waals surface area contributed by atoms with Gasteiger partial charge in [-0.15, -0.1) is 11.3 Å². The molecule has 0 radical (unpaired) electrons. The van der Waals surface area contributed by atoms with Gasteiger partial charge in [0.2, 0.25) is 0 Å². The van der Waals surface area contributed by atoms with Gasteiger partial charge in [-0.3, -0.25) is 0 Å². The number of fused-ring (bicyclic) bond motifs is 3. The van der Waals surface area contributed by atoms with Gasteiger partial charge in [0.1, 0.15) is 15.7 Å². The first-order valence-corrected chi connectivity index (χ1v) is 10.8. The number of nitrogens with zero attached hydrogens (tertiary/aromatic N) is 2. The largest absolute Gasteiger partial charge is 0.391 e. The van der Waals surface area contributed by atoms with Crippen molar-refractivity contribution in [1.82, 2.24) is 9.97 Å². The summed E-state index contributed by atoms with van der Waals surface area (Å²) in [5, 5.41) is 11.6. The molecule has 0 amide bonds. The van der Waals surface area contributed by atoms with Crippen molar-refractivity contribution in [2.24, 2.45) is 0 Å². The van der Waals surface area contributed by atoms with Crippen LogP contribution in [-0.2, 0) is 22.7 Å². The molecule has 1 saturated heterocycles. The molecule has 3 heterocycles. The van der Waals surface area contributed by atoms with Gasteiger partial charge in [0.15, 0.2) is 9.84 Å². The van der Waals surface area contributed by atoms with Gasteiger partial charge in [-0.05, 0) is 31.7 Å². The highest BCUT2D eigenvalue weighted by Gasteiger charge is 2.38. The molecule has 0 saturated carbocycles. The summed E-state index contributed by atoms with van der Waals surface area (Å²) in [6, 6.07) is 0. The summed E-state index contributed by atoms with van der Waals surface area (Å²) in [5.41, 5.74) is 1.33. The third kappa shape index (κ3) is 2.46. The number of aromatic nitrogens is 2. The van der Waals surface area contributed by atoms with Gasteiger partial charge in [-0.2, -0.15) is 0 Å². The predicted octanol–water partition coefficient (Wildman–Crippen LogP) is 1.74. The first-order valence-electron chi connectivity index (χ1n) is 7.27. The number of aliphatic hydroxyl groups is 1. The van der Waals surface area contributed by atoms with Crippen LogP contribution in [0.4, 0.5) is 0 Å².